The van der Waals surface area contributed by atoms with Crippen molar-refractivity contribution >= 4 is 5.97 Å². The van der Waals surface area contributed by atoms with E-state index in [2.05, 4.69) is 25.5 Å². The van der Waals surface area contributed by atoms with Crippen LogP contribution in [0.15, 0.2) is 11.6 Å². The van der Waals surface area contributed by atoms with Gasteiger partial charge >= 0.3 is 5.97 Å². The number of esters is 1. The fourth-order valence-electron chi connectivity index (χ4n) is 1.95. The van der Waals surface area contributed by atoms with Crippen molar-refractivity contribution in [1.29, 1.82) is 0 Å². The van der Waals surface area contributed by atoms with Gasteiger partial charge in [0.1, 0.15) is 0 Å². The molecule has 0 aromatic rings. The molecule has 0 spiro atoms. The lowest BCUT2D eigenvalue weighted by molar-refractivity contribution is -0.137. The van der Waals surface area contributed by atoms with Gasteiger partial charge in [0.05, 0.1) is 7.11 Å². The molecule has 0 unspecified atom stereocenters. The maximum Gasteiger partial charge on any atom is 0.333 e. The van der Waals surface area contributed by atoms with Crippen LogP contribution in [0.4, 0.5) is 0 Å². The van der Waals surface area contributed by atoms with Gasteiger partial charge in [0, 0.05) is 5.57 Å². The number of carbonyl (C=O) groups is 1. The molecule has 2 heteroatoms. The minimum atomic E-state index is -0.160. The Morgan fingerprint density at radius 1 is 1.58 bits per heavy atom. The van der Waals surface area contributed by atoms with Crippen molar-refractivity contribution in [2.45, 2.75) is 20.8 Å². The van der Waals surface area contributed by atoms with Crippen molar-refractivity contribution in [3.63, 3.8) is 0 Å². The van der Waals surface area contributed by atoms with Crippen molar-refractivity contribution in [3.8, 4) is 0 Å². The van der Waals surface area contributed by atoms with Gasteiger partial charge in [0.2, 0.25) is 0 Å². The van der Waals surface area contributed by atoms with Crippen LogP contribution >= 0.6 is 0 Å². The van der Waals surface area contributed by atoms with Crippen molar-refractivity contribution in [1.82, 2.24) is 0 Å². The van der Waals surface area contributed by atoms with Crippen molar-refractivity contribution in [3.05, 3.63) is 11.6 Å². The molecule has 0 radical (unpaired) electrons. The minimum Gasteiger partial charge on any atom is -0.466 e. The number of allylic oxidation sites excluding steroid dienone is 1. The van der Waals surface area contributed by atoms with E-state index in [1.165, 1.54) is 7.11 Å². The van der Waals surface area contributed by atoms with Gasteiger partial charge in [-0.1, -0.05) is 26.8 Å². The molecule has 1 aliphatic carbocycles. The van der Waals surface area contributed by atoms with Crippen LogP contribution in [-0.4, -0.2) is 13.1 Å². The van der Waals surface area contributed by atoms with Gasteiger partial charge < -0.3 is 4.74 Å². The summed E-state index contributed by atoms with van der Waals surface area (Å²) in [6, 6.07) is 0. The maximum atomic E-state index is 11.2. The average Bonchev–Trinajstić information content (AvgIpc) is 1.97. The smallest absolute Gasteiger partial charge is 0.333 e. The Morgan fingerprint density at radius 3 is 2.50 bits per heavy atom. The first kappa shape index (κ1) is 9.30. The highest BCUT2D eigenvalue weighted by Gasteiger charge is 2.35. The first-order chi connectivity index (χ1) is 5.57. The van der Waals surface area contributed by atoms with Crippen LogP contribution in [-0.2, 0) is 9.53 Å². The second kappa shape index (κ2) is 3.30. The minimum absolute atomic E-state index is 0.160. The zero-order chi connectivity index (χ0) is 9.30. The van der Waals surface area contributed by atoms with E-state index in [4.69, 9.17) is 0 Å². The van der Waals surface area contributed by atoms with E-state index < -0.39 is 0 Å². The Bertz CT molecular complexity index is 216. The fourth-order valence-corrected chi connectivity index (χ4v) is 1.95. The second-order valence-electron chi connectivity index (χ2n) is 3.74. The van der Waals surface area contributed by atoms with E-state index in [9.17, 15) is 4.79 Å². The number of methoxy groups -OCH3 is 1. The maximum absolute atomic E-state index is 11.2. The lowest BCUT2D eigenvalue weighted by Crippen LogP contribution is -2.32. The van der Waals surface area contributed by atoms with Crippen LogP contribution in [0, 0.1) is 17.8 Å². The topological polar surface area (TPSA) is 26.3 Å². The van der Waals surface area contributed by atoms with Crippen molar-refractivity contribution in [2.24, 2.45) is 17.8 Å². The van der Waals surface area contributed by atoms with Gasteiger partial charge in [-0.3, -0.25) is 0 Å². The monoisotopic (exact) mass is 168 g/mol. The summed E-state index contributed by atoms with van der Waals surface area (Å²) in [5.74, 6) is 1.29. The van der Waals surface area contributed by atoms with Crippen molar-refractivity contribution in [2.75, 3.05) is 7.11 Å². The molecule has 2 nitrogen and oxygen atoms in total. The molecular formula is C10H16O2. The summed E-state index contributed by atoms with van der Waals surface area (Å²) in [4.78, 5) is 11.2. The Hall–Kier alpha value is -0.790. The van der Waals surface area contributed by atoms with Gasteiger partial charge in [-0.15, -0.1) is 0 Å². The molecule has 0 aliphatic heterocycles. The van der Waals surface area contributed by atoms with Gasteiger partial charge in [-0.05, 0) is 17.8 Å². The number of ether oxygens (including phenoxy) is 1. The number of rotatable bonds is 2. The highest BCUT2D eigenvalue weighted by molar-refractivity contribution is 5.90. The summed E-state index contributed by atoms with van der Waals surface area (Å²) in [6.07, 6.45) is 2.00. The van der Waals surface area contributed by atoms with Gasteiger partial charge in [-0.25, -0.2) is 4.79 Å². The van der Waals surface area contributed by atoms with E-state index >= 15 is 0 Å². The molecule has 0 bridgehead atoms. The molecule has 68 valence electrons. The molecular weight excluding hydrogens is 152 g/mol. The van der Waals surface area contributed by atoms with Crippen LogP contribution in [0.5, 0.6) is 0 Å². The first-order valence-corrected chi connectivity index (χ1v) is 4.38. The van der Waals surface area contributed by atoms with E-state index in [1.54, 1.807) is 0 Å². The standard InChI is InChI=1S/C10H16O2/c1-6(2)9-7(3)5-8(9)10(11)12-4/h5-7,9H,1-4H3/t7-,9-/m1/s1. The van der Waals surface area contributed by atoms with Gasteiger partial charge in [0.25, 0.3) is 0 Å². The number of hydrogen-bond acceptors (Lipinski definition) is 2. The number of hydrogen-bond donors (Lipinski definition) is 0. The molecule has 0 fully saturated rings. The fraction of sp³-hybridized carbons (Fsp3) is 0.700. The van der Waals surface area contributed by atoms with Crippen LogP contribution < -0.4 is 0 Å². The summed E-state index contributed by atoms with van der Waals surface area (Å²) < 4.78 is 4.68. The highest BCUT2D eigenvalue weighted by Crippen LogP contribution is 2.39. The van der Waals surface area contributed by atoms with E-state index in [0.29, 0.717) is 17.8 Å². The van der Waals surface area contributed by atoms with E-state index in [0.717, 1.165) is 5.57 Å². The Balaban J connectivity index is 2.69. The first-order valence-electron chi connectivity index (χ1n) is 4.38. The third-order valence-corrected chi connectivity index (χ3v) is 2.51. The third kappa shape index (κ3) is 1.38. The summed E-state index contributed by atoms with van der Waals surface area (Å²) in [7, 11) is 1.43. The predicted octanol–water partition coefficient (Wildman–Crippen LogP) is 2.01. The predicted molar refractivity (Wildman–Crippen MR) is 47.6 cm³/mol. The largest absolute Gasteiger partial charge is 0.466 e. The number of carbonyl (C=O) groups excluding carboxylic acids is 1. The van der Waals surface area contributed by atoms with Crippen LogP contribution in [0.1, 0.15) is 20.8 Å². The SMILES string of the molecule is COC(=O)C1=C[C@@H](C)[C@H]1C(C)C. The Kier molecular flexibility index (Phi) is 2.55. The lowest BCUT2D eigenvalue weighted by atomic mass is 9.70. The Morgan fingerprint density at radius 2 is 2.17 bits per heavy atom. The van der Waals surface area contributed by atoms with Crippen LogP contribution in [0.3, 0.4) is 0 Å². The van der Waals surface area contributed by atoms with Crippen LogP contribution in [0.25, 0.3) is 0 Å². The molecule has 2 atom stereocenters. The molecule has 0 aromatic heterocycles. The normalized spacial score (nSPS) is 27.9. The summed E-state index contributed by atoms with van der Waals surface area (Å²) in [5.41, 5.74) is 0.861. The average molecular weight is 168 g/mol. The molecule has 0 amide bonds. The summed E-state index contributed by atoms with van der Waals surface area (Å²) in [6.45, 7) is 6.41. The van der Waals surface area contributed by atoms with Gasteiger partial charge in [-0.2, -0.15) is 0 Å². The van der Waals surface area contributed by atoms with E-state index in [-0.39, 0.29) is 5.97 Å². The molecule has 0 heterocycles. The quantitative estimate of drug-likeness (QED) is 0.589. The second-order valence-corrected chi connectivity index (χ2v) is 3.74. The highest BCUT2D eigenvalue weighted by atomic mass is 16.5. The molecule has 0 aromatic carbocycles. The molecule has 12 heavy (non-hydrogen) atoms. The summed E-state index contributed by atoms with van der Waals surface area (Å²) in [5, 5.41) is 0. The third-order valence-electron chi connectivity index (χ3n) is 2.51. The van der Waals surface area contributed by atoms with Gasteiger partial charge in [0.15, 0.2) is 0 Å². The lowest BCUT2D eigenvalue weighted by Gasteiger charge is -2.35. The molecule has 0 saturated heterocycles. The van der Waals surface area contributed by atoms with Crippen molar-refractivity contribution < 1.29 is 9.53 Å². The van der Waals surface area contributed by atoms with E-state index in [1.807, 2.05) is 6.08 Å². The molecule has 1 aliphatic rings. The Labute approximate surface area is 73.6 Å². The zero-order valence-corrected chi connectivity index (χ0v) is 8.13. The molecule has 1 rings (SSSR count). The summed E-state index contributed by atoms with van der Waals surface area (Å²) >= 11 is 0. The zero-order valence-electron chi connectivity index (χ0n) is 8.13. The van der Waals surface area contributed by atoms with Crippen LogP contribution in [0.2, 0.25) is 0 Å². The molecule has 0 saturated carbocycles. The molecule has 0 N–H and O–H groups in total.